The first-order valence-corrected chi connectivity index (χ1v) is 6.78. The lowest BCUT2D eigenvalue weighted by Crippen LogP contribution is -2.27. The first kappa shape index (κ1) is 15.6. The average molecular weight is 324 g/mol. The third-order valence-electron chi connectivity index (χ3n) is 2.37. The molecule has 102 valence electrons. The largest absolute Gasteiger partial charge is 0.444 e. The summed E-state index contributed by atoms with van der Waals surface area (Å²) in [5.41, 5.74) is 1.01. The van der Waals surface area contributed by atoms with Crippen LogP contribution in [-0.2, 0) is 4.74 Å². The number of carbonyl (C=O) groups excluding carboxylic acids is 1. The van der Waals surface area contributed by atoms with Crippen molar-refractivity contribution in [3.63, 3.8) is 0 Å². The molecule has 0 radical (unpaired) electrons. The van der Waals surface area contributed by atoms with Crippen LogP contribution in [0.1, 0.15) is 39.2 Å². The highest BCUT2D eigenvalue weighted by Crippen LogP contribution is 2.28. The summed E-state index contributed by atoms with van der Waals surface area (Å²) in [6, 6.07) is 5.60. The normalized spacial score (nSPS) is 12.4. The molecule has 0 saturated heterocycles. The Morgan fingerprint density at radius 2 is 2.11 bits per heavy atom. The zero-order chi connectivity index (χ0) is 14.6. The van der Waals surface area contributed by atoms with Crippen LogP contribution in [0.15, 0.2) is 22.7 Å². The van der Waals surface area contributed by atoms with E-state index in [4.69, 9.17) is 11.2 Å². The van der Waals surface area contributed by atoms with Crippen molar-refractivity contribution in [2.45, 2.75) is 39.2 Å². The third kappa shape index (κ3) is 4.96. The van der Waals surface area contributed by atoms with E-state index >= 15 is 0 Å². The van der Waals surface area contributed by atoms with Crippen LogP contribution in [0.5, 0.6) is 0 Å². The number of halogens is 1. The fourth-order valence-electron chi connectivity index (χ4n) is 1.52. The Bertz CT molecular complexity index is 512. The van der Waals surface area contributed by atoms with E-state index in [9.17, 15) is 4.79 Å². The van der Waals surface area contributed by atoms with Gasteiger partial charge >= 0.3 is 6.09 Å². The average Bonchev–Trinajstić information content (AvgIpc) is 2.25. The molecule has 0 bridgehead atoms. The second kappa shape index (κ2) is 6.12. The monoisotopic (exact) mass is 323 g/mol. The number of nitrogens with one attached hydrogen (secondary N) is 1. The van der Waals surface area contributed by atoms with Gasteiger partial charge in [-0.15, -0.1) is 6.42 Å². The van der Waals surface area contributed by atoms with Crippen LogP contribution in [0.2, 0.25) is 0 Å². The number of benzene rings is 1. The second-order valence-electron chi connectivity index (χ2n) is 5.25. The molecule has 0 aliphatic carbocycles. The van der Waals surface area contributed by atoms with E-state index in [1.165, 1.54) is 0 Å². The Kier molecular flexibility index (Phi) is 5.02. The Hall–Kier alpha value is -1.47. The van der Waals surface area contributed by atoms with Gasteiger partial charge in [0.25, 0.3) is 0 Å². The number of hydrogen-bond acceptors (Lipinski definition) is 2. The number of amides is 1. The molecule has 1 atom stereocenters. The number of hydrogen-bond donors (Lipinski definition) is 1. The Labute approximate surface area is 122 Å². The molecule has 1 aromatic rings. The van der Waals surface area contributed by atoms with Crippen molar-refractivity contribution < 1.29 is 9.53 Å². The minimum Gasteiger partial charge on any atom is -0.444 e. The number of carbonyl (C=O) groups is 1. The van der Waals surface area contributed by atoms with Crippen molar-refractivity contribution in [2.75, 3.05) is 5.32 Å². The van der Waals surface area contributed by atoms with Crippen LogP contribution >= 0.6 is 15.9 Å². The highest BCUT2D eigenvalue weighted by Gasteiger charge is 2.18. The summed E-state index contributed by atoms with van der Waals surface area (Å²) in [5.74, 6) is 2.57. The van der Waals surface area contributed by atoms with Gasteiger partial charge in [0.1, 0.15) is 5.60 Å². The number of rotatable bonds is 2. The summed E-state index contributed by atoms with van der Waals surface area (Å²) in [4.78, 5) is 11.8. The minimum atomic E-state index is -0.534. The summed E-state index contributed by atoms with van der Waals surface area (Å²) in [7, 11) is 0. The van der Waals surface area contributed by atoms with Gasteiger partial charge in [-0.05, 0) is 45.4 Å². The van der Waals surface area contributed by atoms with Gasteiger partial charge in [-0.3, -0.25) is 5.32 Å². The Morgan fingerprint density at radius 1 is 1.47 bits per heavy atom. The van der Waals surface area contributed by atoms with Gasteiger partial charge in [0.2, 0.25) is 0 Å². The highest BCUT2D eigenvalue weighted by molar-refractivity contribution is 9.10. The van der Waals surface area contributed by atoms with Crippen LogP contribution in [-0.4, -0.2) is 11.7 Å². The van der Waals surface area contributed by atoms with Crippen LogP contribution in [0.3, 0.4) is 0 Å². The van der Waals surface area contributed by atoms with Crippen LogP contribution in [0.4, 0.5) is 10.5 Å². The molecule has 0 fully saturated rings. The lowest BCUT2D eigenvalue weighted by molar-refractivity contribution is 0.0636. The van der Waals surface area contributed by atoms with Gasteiger partial charge in [-0.1, -0.05) is 27.9 Å². The van der Waals surface area contributed by atoms with Crippen molar-refractivity contribution in [1.29, 1.82) is 0 Å². The predicted molar refractivity (Wildman–Crippen MR) is 81.2 cm³/mol. The first-order valence-electron chi connectivity index (χ1n) is 5.98. The van der Waals surface area contributed by atoms with E-state index in [2.05, 4.69) is 27.2 Å². The van der Waals surface area contributed by atoms with Crippen molar-refractivity contribution in [2.24, 2.45) is 0 Å². The maximum atomic E-state index is 11.8. The van der Waals surface area contributed by atoms with Crippen molar-refractivity contribution in [1.82, 2.24) is 0 Å². The zero-order valence-corrected chi connectivity index (χ0v) is 13.2. The molecule has 1 amide bonds. The summed E-state index contributed by atoms with van der Waals surface area (Å²) in [6.45, 7) is 7.36. The van der Waals surface area contributed by atoms with Crippen LogP contribution < -0.4 is 5.32 Å². The zero-order valence-electron chi connectivity index (χ0n) is 11.6. The van der Waals surface area contributed by atoms with E-state index in [0.29, 0.717) is 5.69 Å². The molecule has 1 aromatic carbocycles. The summed E-state index contributed by atoms with van der Waals surface area (Å²) in [6.07, 6.45) is 4.95. The fraction of sp³-hybridized carbons (Fsp3) is 0.400. The topological polar surface area (TPSA) is 38.3 Å². The van der Waals surface area contributed by atoms with E-state index < -0.39 is 11.7 Å². The van der Waals surface area contributed by atoms with Gasteiger partial charge < -0.3 is 4.74 Å². The van der Waals surface area contributed by atoms with Gasteiger partial charge in [0.15, 0.2) is 0 Å². The maximum Gasteiger partial charge on any atom is 0.412 e. The number of terminal acetylenes is 1. The van der Waals surface area contributed by atoms with E-state index in [0.717, 1.165) is 10.0 Å². The Balaban J connectivity index is 2.97. The number of ether oxygens (including phenoxy) is 1. The van der Waals surface area contributed by atoms with Crippen LogP contribution in [0.25, 0.3) is 0 Å². The molecule has 0 aromatic heterocycles. The van der Waals surface area contributed by atoms with Gasteiger partial charge in [0.05, 0.1) is 0 Å². The summed E-state index contributed by atoms with van der Waals surface area (Å²) in [5, 5.41) is 2.74. The molecule has 1 unspecified atom stereocenters. The molecule has 19 heavy (non-hydrogen) atoms. The molecular weight excluding hydrogens is 306 g/mol. The fourth-order valence-corrected chi connectivity index (χ4v) is 1.88. The van der Waals surface area contributed by atoms with E-state index in [-0.39, 0.29) is 5.92 Å². The SMILES string of the molecule is C#CC(C)c1ccc(Br)cc1NC(=O)OC(C)(C)C. The Morgan fingerprint density at radius 3 is 2.63 bits per heavy atom. The molecule has 3 nitrogen and oxygen atoms in total. The maximum absolute atomic E-state index is 11.8. The molecule has 0 saturated carbocycles. The van der Waals surface area contributed by atoms with Gasteiger partial charge in [0, 0.05) is 16.1 Å². The van der Waals surface area contributed by atoms with E-state index in [1.54, 1.807) is 0 Å². The number of anilines is 1. The molecule has 1 N–H and O–H groups in total. The lowest BCUT2D eigenvalue weighted by Gasteiger charge is -2.21. The second-order valence-corrected chi connectivity index (χ2v) is 6.16. The molecule has 0 heterocycles. The quantitative estimate of drug-likeness (QED) is 0.812. The molecule has 0 aliphatic heterocycles. The minimum absolute atomic E-state index is 0.0852. The standard InChI is InChI=1S/C15H18BrNO2/c1-6-10(2)12-8-7-11(16)9-13(12)17-14(18)19-15(3,4)5/h1,7-10H,2-5H3,(H,17,18). The molecule has 4 heteroatoms. The summed E-state index contributed by atoms with van der Waals surface area (Å²) >= 11 is 3.37. The van der Waals surface area contributed by atoms with E-state index in [1.807, 2.05) is 45.9 Å². The third-order valence-corrected chi connectivity index (χ3v) is 2.86. The van der Waals surface area contributed by atoms with Crippen LogP contribution in [0, 0.1) is 12.3 Å². The molecule has 1 rings (SSSR count). The highest BCUT2D eigenvalue weighted by atomic mass is 79.9. The molecular formula is C15H18BrNO2. The lowest BCUT2D eigenvalue weighted by atomic mass is 10.0. The molecule has 0 spiro atoms. The predicted octanol–water partition coefficient (Wildman–Crippen LogP) is 4.53. The first-order chi connectivity index (χ1) is 8.73. The van der Waals surface area contributed by atoms with Crippen molar-refractivity contribution >= 4 is 27.7 Å². The van der Waals surface area contributed by atoms with Gasteiger partial charge in [-0.2, -0.15) is 0 Å². The van der Waals surface area contributed by atoms with Crippen molar-refractivity contribution in [3.05, 3.63) is 28.2 Å². The van der Waals surface area contributed by atoms with Gasteiger partial charge in [-0.25, -0.2) is 4.79 Å². The summed E-state index contributed by atoms with van der Waals surface area (Å²) < 4.78 is 6.10. The van der Waals surface area contributed by atoms with Crippen molar-refractivity contribution in [3.8, 4) is 12.3 Å². The smallest absolute Gasteiger partial charge is 0.412 e. The molecule has 0 aliphatic rings.